The Morgan fingerprint density at radius 2 is 2.17 bits per heavy atom. The Morgan fingerprint density at radius 3 is 2.83 bits per heavy atom. The number of pyridine rings is 1. The Kier molecular flexibility index (Phi) is 3.94. The second kappa shape index (κ2) is 5.46. The minimum absolute atomic E-state index is 0.235. The standard InChI is InChI=1S/C14H14ClFN2/c1-9-7-11(16)5-4-10(9)8-13(17)14-12(15)3-2-6-18-14/h2-7,13H,8,17H2,1H3. The van der Waals surface area contributed by atoms with Crippen molar-refractivity contribution in [2.45, 2.75) is 19.4 Å². The van der Waals surface area contributed by atoms with Crippen LogP contribution in [-0.4, -0.2) is 4.98 Å². The largest absolute Gasteiger partial charge is 0.322 e. The predicted octanol–water partition coefficient (Wildman–Crippen LogP) is 3.43. The highest BCUT2D eigenvalue weighted by Gasteiger charge is 2.13. The quantitative estimate of drug-likeness (QED) is 0.923. The molecule has 1 aromatic heterocycles. The van der Waals surface area contributed by atoms with Gasteiger partial charge >= 0.3 is 0 Å². The lowest BCUT2D eigenvalue weighted by Gasteiger charge is -2.14. The van der Waals surface area contributed by atoms with Gasteiger partial charge in [0, 0.05) is 6.20 Å². The van der Waals surface area contributed by atoms with Gasteiger partial charge in [0.2, 0.25) is 0 Å². The highest BCUT2D eigenvalue weighted by atomic mass is 35.5. The van der Waals surface area contributed by atoms with E-state index in [1.54, 1.807) is 24.4 Å². The summed E-state index contributed by atoms with van der Waals surface area (Å²) in [5, 5.41) is 0.560. The number of rotatable bonds is 3. The van der Waals surface area contributed by atoms with Gasteiger partial charge in [-0.1, -0.05) is 17.7 Å². The monoisotopic (exact) mass is 264 g/mol. The first-order chi connectivity index (χ1) is 8.58. The van der Waals surface area contributed by atoms with Crippen LogP contribution < -0.4 is 5.73 Å². The van der Waals surface area contributed by atoms with Crippen molar-refractivity contribution in [2.75, 3.05) is 0 Å². The molecule has 2 aromatic rings. The van der Waals surface area contributed by atoms with Crippen molar-refractivity contribution in [3.8, 4) is 0 Å². The maximum Gasteiger partial charge on any atom is 0.123 e. The molecule has 0 aliphatic heterocycles. The highest BCUT2D eigenvalue weighted by molar-refractivity contribution is 6.31. The number of hydrogen-bond acceptors (Lipinski definition) is 2. The zero-order valence-corrected chi connectivity index (χ0v) is 10.8. The smallest absolute Gasteiger partial charge is 0.123 e. The van der Waals surface area contributed by atoms with Crippen molar-refractivity contribution in [1.29, 1.82) is 0 Å². The zero-order valence-electron chi connectivity index (χ0n) is 10.0. The van der Waals surface area contributed by atoms with E-state index in [4.69, 9.17) is 17.3 Å². The minimum Gasteiger partial charge on any atom is -0.322 e. The highest BCUT2D eigenvalue weighted by Crippen LogP contribution is 2.23. The van der Waals surface area contributed by atoms with Crippen LogP contribution in [0.25, 0.3) is 0 Å². The average Bonchev–Trinajstić information content (AvgIpc) is 2.33. The number of halogens is 2. The molecule has 0 radical (unpaired) electrons. The molecular weight excluding hydrogens is 251 g/mol. The van der Waals surface area contributed by atoms with E-state index in [9.17, 15) is 4.39 Å². The van der Waals surface area contributed by atoms with Gasteiger partial charge in [-0.2, -0.15) is 0 Å². The van der Waals surface area contributed by atoms with E-state index in [1.807, 2.05) is 6.92 Å². The molecule has 0 amide bonds. The predicted molar refractivity (Wildman–Crippen MR) is 71.0 cm³/mol. The summed E-state index contributed by atoms with van der Waals surface area (Å²) in [6, 6.07) is 7.93. The lowest BCUT2D eigenvalue weighted by Crippen LogP contribution is -2.16. The van der Waals surface area contributed by atoms with Crippen LogP contribution in [0.4, 0.5) is 4.39 Å². The topological polar surface area (TPSA) is 38.9 Å². The van der Waals surface area contributed by atoms with Gasteiger partial charge in [-0.05, 0) is 48.7 Å². The van der Waals surface area contributed by atoms with Crippen molar-refractivity contribution in [3.63, 3.8) is 0 Å². The first kappa shape index (κ1) is 13.0. The number of hydrogen-bond donors (Lipinski definition) is 1. The third-order valence-corrected chi connectivity index (χ3v) is 3.20. The van der Waals surface area contributed by atoms with Gasteiger partial charge in [0.25, 0.3) is 0 Å². The molecule has 0 fully saturated rings. The van der Waals surface area contributed by atoms with Crippen molar-refractivity contribution < 1.29 is 4.39 Å². The molecule has 1 aromatic carbocycles. The van der Waals surface area contributed by atoms with Crippen molar-refractivity contribution in [2.24, 2.45) is 5.73 Å². The fourth-order valence-electron chi connectivity index (χ4n) is 1.89. The van der Waals surface area contributed by atoms with Crippen LogP contribution in [0.15, 0.2) is 36.5 Å². The minimum atomic E-state index is -0.289. The lowest BCUT2D eigenvalue weighted by atomic mass is 9.99. The normalized spacial score (nSPS) is 12.4. The van der Waals surface area contributed by atoms with Crippen LogP contribution >= 0.6 is 11.6 Å². The second-order valence-corrected chi connectivity index (χ2v) is 4.66. The van der Waals surface area contributed by atoms with Gasteiger partial charge in [0.15, 0.2) is 0 Å². The molecule has 2 nitrogen and oxygen atoms in total. The van der Waals surface area contributed by atoms with Gasteiger partial charge < -0.3 is 5.73 Å². The second-order valence-electron chi connectivity index (χ2n) is 4.25. The molecule has 0 bridgehead atoms. The van der Waals surface area contributed by atoms with Gasteiger partial charge in [-0.15, -0.1) is 0 Å². The van der Waals surface area contributed by atoms with E-state index in [0.29, 0.717) is 17.1 Å². The van der Waals surface area contributed by atoms with Crippen LogP contribution in [0, 0.1) is 12.7 Å². The molecule has 0 saturated heterocycles. The van der Waals surface area contributed by atoms with Crippen LogP contribution in [0.1, 0.15) is 22.9 Å². The molecule has 1 unspecified atom stereocenters. The Balaban J connectivity index is 2.21. The summed E-state index contributed by atoms with van der Waals surface area (Å²) in [5.74, 6) is -0.235. The fraction of sp³-hybridized carbons (Fsp3) is 0.214. The summed E-state index contributed by atoms with van der Waals surface area (Å²) < 4.78 is 13.0. The molecule has 0 saturated carbocycles. The zero-order chi connectivity index (χ0) is 13.1. The van der Waals surface area contributed by atoms with E-state index in [-0.39, 0.29) is 11.9 Å². The molecule has 0 aliphatic carbocycles. The summed E-state index contributed by atoms with van der Waals surface area (Å²) in [6.45, 7) is 1.87. The van der Waals surface area contributed by atoms with Crippen molar-refractivity contribution in [3.05, 3.63) is 64.2 Å². The van der Waals surface area contributed by atoms with Gasteiger partial charge in [-0.25, -0.2) is 4.39 Å². The van der Waals surface area contributed by atoms with Crippen LogP contribution in [0.2, 0.25) is 5.02 Å². The summed E-state index contributed by atoms with van der Waals surface area (Å²) >= 11 is 6.05. The molecular formula is C14H14ClFN2. The molecule has 2 N–H and O–H groups in total. The Bertz CT molecular complexity index is 557. The molecule has 94 valence electrons. The van der Waals surface area contributed by atoms with Crippen molar-refractivity contribution >= 4 is 11.6 Å². The molecule has 1 atom stereocenters. The fourth-order valence-corrected chi connectivity index (χ4v) is 2.15. The third-order valence-electron chi connectivity index (χ3n) is 2.88. The van der Waals surface area contributed by atoms with Crippen LogP contribution in [0.5, 0.6) is 0 Å². The maximum atomic E-state index is 13.0. The third kappa shape index (κ3) is 2.86. The number of aryl methyl sites for hydroxylation is 1. The lowest BCUT2D eigenvalue weighted by molar-refractivity contribution is 0.623. The molecule has 0 aliphatic rings. The maximum absolute atomic E-state index is 13.0. The molecule has 1 heterocycles. The molecule has 4 heteroatoms. The van der Waals surface area contributed by atoms with E-state index < -0.39 is 0 Å². The summed E-state index contributed by atoms with van der Waals surface area (Å²) in [6.07, 6.45) is 2.25. The first-order valence-electron chi connectivity index (χ1n) is 5.69. The van der Waals surface area contributed by atoms with E-state index in [0.717, 1.165) is 11.1 Å². The molecule has 0 spiro atoms. The number of nitrogens with two attached hydrogens (primary N) is 1. The summed E-state index contributed by atoms with van der Waals surface area (Å²) in [5.41, 5.74) is 8.66. The number of nitrogens with zero attached hydrogens (tertiary/aromatic N) is 1. The molecule has 2 rings (SSSR count). The number of benzene rings is 1. The van der Waals surface area contributed by atoms with Crippen LogP contribution in [-0.2, 0) is 6.42 Å². The first-order valence-corrected chi connectivity index (χ1v) is 6.06. The Morgan fingerprint density at radius 1 is 1.39 bits per heavy atom. The van der Waals surface area contributed by atoms with Gasteiger partial charge in [0.05, 0.1) is 16.8 Å². The van der Waals surface area contributed by atoms with Crippen LogP contribution in [0.3, 0.4) is 0 Å². The van der Waals surface area contributed by atoms with Crippen molar-refractivity contribution in [1.82, 2.24) is 4.98 Å². The van der Waals surface area contributed by atoms with Gasteiger partial charge in [0.1, 0.15) is 5.82 Å². The summed E-state index contributed by atoms with van der Waals surface area (Å²) in [4.78, 5) is 4.19. The van der Waals surface area contributed by atoms with E-state index in [2.05, 4.69) is 4.98 Å². The van der Waals surface area contributed by atoms with E-state index in [1.165, 1.54) is 12.1 Å². The number of aromatic nitrogens is 1. The summed E-state index contributed by atoms with van der Waals surface area (Å²) in [7, 11) is 0. The van der Waals surface area contributed by atoms with Gasteiger partial charge in [-0.3, -0.25) is 4.98 Å². The average molecular weight is 265 g/mol. The Labute approximate surface area is 111 Å². The van der Waals surface area contributed by atoms with E-state index >= 15 is 0 Å². The Hall–Kier alpha value is -1.45. The SMILES string of the molecule is Cc1cc(F)ccc1CC(N)c1ncccc1Cl. The molecule has 18 heavy (non-hydrogen) atoms.